The molecular formula is CH6Mg2O5+4. The summed E-state index contributed by atoms with van der Waals surface area (Å²) in [7, 11) is 0. The Bertz CT molecular complexity index is 33.4. The first-order chi connectivity index (χ1) is 1.73. The van der Waals surface area contributed by atoms with E-state index in [1.54, 1.807) is 0 Å². The van der Waals surface area contributed by atoms with Crippen LogP contribution in [-0.4, -0.2) is 73.4 Å². The van der Waals surface area contributed by atoms with Crippen LogP contribution in [0.2, 0.25) is 0 Å². The molecule has 0 saturated heterocycles. The summed E-state index contributed by atoms with van der Waals surface area (Å²) >= 11 is 0. The molecule has 8 heavy (non-hydrogen) atoms. The van der Waals surface area contributed by atoms with Gasteiger partial charge in [0.05, 0.1) is 0 Å². The fourth-order valence-electron chi connectivity index (χ4n) is 0. The van der Waals surface area contributed by atoms with Crippen molar-refractivity contribution >= 4 is 52.3 Å². The van der Waals surface area contributed by atoms with E-state index < -0.39 is 6.16 Å². The molecule has 6 N–H and O–H groups in total. The molecule has 0 aromatic heterocycles. The molecule has 0 aliphatic rings. The molecule has 0 aliphatic heterocycles. The molecule has 0 unspecified atom stereocenters. The summed E-state index contributed by atoms with van der Waals surface area (Å²) in [5.41, 5.74) is 0. The van der Waals surface area contributed by atoms with Crippen molar-refractivity contribution in [3.8, 4) is 0 Å². The summed E-state index contributed by atoms with van der Waals surface area (Å²) in [6.45, 7) is 0. The van der Waals surface area contributed by atoms with Gasteiger partial charge in [0.25, 0.3) is 0 Å². The Morgan fingerprint density at radius 3 is 1.00 bits per heavy atom. The molecular weight excluding hydrogens is 141 g/mol. The zero-order valence-electron chi connectivity index (χ0n) is 4.22. The first-order valence-corrected chi connectivity index (χ1v) is 0.651. The first kappa shape index (κ1) is 37.5. The van der Waals surface area contributed by atoms with Crippen LogP contribution in [0.4, 0.5) is 4.79 Å². The van der Waals surface area contributed by atoms with E-state index in [0.717, 1.165) is 0 Å². The second-order valence-electron chi connectivity index (χ2n) is 0.283. The van der Waals surface area contributed by atoms with Gasteiger partial charge in [0.1, 0.15) is 0 Å². The zero-order valence-corrected chi connectivity index (χ0v) is 7.05. The molecule has 0 aliphatic carbocycles. The molecule has 0 radical (unpaired) electrons. The third-order valence-electron chi connectivity index (χ3n) is 0. The quantitative estimate of drug-likeness (QED) is 0.378. The minimum absolute atomic E-state index is 0. The van der Waals surface area contributed by atoms with E-state index in [2.05, 4.69) is 0 Å². The van der Waals surface area contributed by atoms with Crippen molar-refractivity contribution < 1.29 is 26.0 Å². The van der Waals surface area contributed by atoms with Gasteiger partial charge in [0.15, 0.2) is 0 Å². The van der Waals surface area contributed by atoms with Crippen molar-refractivity contribution in [3.63, 3.8) is 0 Å². The first-order valence-electron chi connectivity index (χ1n) is 0.651. The third-order valence-corrected chi connectivity index (χ3v) is 0. The maximum Gasteiger partial charge on any atom is 2.00 e. The summed E-state index contributed by atoms with van der Waals surface area (Å²) in [4.78, 5) is 8.56. The molecule has 0 heterocycles. The van der Waals surface area contributed by atoms with Crippen molar-refractivity contribution in [2.24, 2.45) is 0 Å². The van der Waals surface area contributed by atoms with Crippen LogP contribution in [0, 0.1) is 0 Å². The van der Waals surface area contributed by atoms with E-state index in [1.807, 2.05) is 0 Å². The van der Waals surface area contributed by atoms with E-state index in [1.165, 1.54) is 0 Å². The predicted octanol–water partition coefficient (Wildman–Crippen LogP) is -2.19. The summed E-state index contributed by atoms with van der Waals surface area (Å²) < 4.78 is 0. The molecule has 0 aromatic rings. The fourth-order valence-corrected chi connectivity index (χ4v) is 0. The van der Waals surface area contributed by atoms with Crippen molar-refractivity contribution in [1.82, 2.24) is 0 Å². The van der Waals surface area contributed by atoms with E-state index in [9.17, 15) is 0 Å². The molecule has 0 rings (SSSR count). The largest absolute Gasteiger partial charge is 2.00 e. The Balaban J connectivity index is -0.00000000750. The number of carbonyl (C=O) groups is 1. The standard InChI is InChI=1S/CH2O3.2Mg.2H2O/c2-1(3)4;;;;/h(H2,2,3,4);;;2*1H2/q;2*+2;;. The summed E-state index contributed by atoms with van der Waals surface area (Å²) in [6.07, 6.45) is -1.83. The molecule has 0 spiro atoms. The Morgan fingerprint density at radius 1 is 1.00 bits per heavy atom. The predicted molar refractivity (Wildman–Crippen MR) is 29.4 cm³/mol. The molecule has 7 heteroatoms. The number of carboxylic acid groups (broad SMARTS) is 2. The van der Waals surface area contributed by atoms with Gasteiger partial charge in [0, 0.05) is 0 Å². The van der Waals surface area contributed by atoms with Crippen LogP contribution in [-0.2, 0) is 0 Å². The smallest absolute Gasteiger partial charge is 0.450 e. The topological polar surface area (TPSA) is 121 Å². The van der Waals surface area contributed by atoms with Crippen LogP contribution in [0.1, 0.15) is 0 Å². The second-order valence-corrected chi connectivity index (χ2v) is 0.283. The van der Waals surface area contributed by atoms with Gasteiger partial charge >= 0.3 is 52.3 Å². The SMILES string of the molecule is O.O.O=C(O)O.[Mg+2].[Mg+2]. The van der Waals surface area contributed by atoms with Gasteiger partial charge in [-0.15, -0.1) is 0 Å². The fraction of sp³-hybridized carbons (Fsp3) is 0. The number of hydrogen-bond donors (Lipinski definition) is 2. The van der Waals surface area contributed by atoms with Gasteiger partial charge in [-0.2, -0.15) is 0 Å². The minimum Gasteiger partial charge on any atom is -0.450 e. The molecule has 5 nitrogen and oxygen atoms in total. The van der Waals surface area contributed by atoms with Crippen molar-refractivity contribution in [2.75, 3.05) is 0 Å². The van der Waals surface area contributed by atoms with Crippen molar-refractivity contribution in [2.45, 2.75) is 0 Å². The van der Waals surface area contributed by atoms with Crippen molar-refractivity contribution in [1.29, 1.82) is 0 Å². The van der Waals surface area contributed by atoms with Crippen LogP contribution >= 0.6 is 0 Å². The molecule has 0 aromatic carbocycles. The maximum absolute atomic E-state index is 8.56. The Morgan fingerprint density at radius 2 is 1.00 bits per heavy atom. The monoisotopic (exact) mass is 146 g/mol. The molecule has 0 amide bonds. The Labute approximate surface area is 78.0 Å². The van der Waals surface area contributed by atoms with E-state index >= 15 is 0 Å². The molecule has 0 atom stereocenters. The summed E-state index contributed by atoms with van der Waals surface area (Å²) in [5, 5.41) is 13.9. The van der Waals surface area contributed by atoms with E-state index in [0.29, 0.717) is 0 Å². The Kier molecular flexibility index (Phi) is 118. The van der Waals surface area contributed by atoms with Gasteiger partial charge < -0.3 is 21.2 Å². The average Bonchev–Trinajstić information content (AvgIpc) is 0.811. The van der Waals surface area contributed by atoms with Crippen molar-refractivity contribution in [3.05, 3.63) is 0 Å². The van der Waals surface area contributed by atoms with Crippen LogP contribution < -0.4 is 0 Å². The van der Waals surface area contributed by atoms with Crippen LogP contribution in [0.3, 0.4) is 0 Å². The van der Waals surface area contributed by atoms with Gasteiger partial charge in [-0.1, -0.05) is 0 Å². The Hall–Kier alpha value is 0.722. The second kappa shape index (κ2) is 25.2. The zero-order chi connectivity index (χ0) is 3.58. The third kappa shape index (κ3) is 422. The summed E-state index contributed by atoms with van der Waals surface area (Å²) in [5.74, 6) is 0. The summed E-state index contributed by atoms with van der Waals surface area (Å²) in [6, 6.07) is 0. The minimum atomic E-state index is -1.83. The van der Waals surface area contributed by atoms with Crippen LogP contribution in [0.5, 0.6) is 0 Å². The number of hydrogen-bond acceptors (Lipinski definition) is 1. The van der Waals surface area contributed by atoms with Gasteiger partial charge in [-0.25, -0.2) is 4.79 Å². The normalized spacial score (nSPS) is 3.00. The molecule has 40 valence electrons. The van der Waals surface area contributed by atoms with E-state index in [4.69, 9.17) is 15.0 Å². The number of rotatable bonds is 0. The molecule has 0 saturated carbocycles. The molecule has 0 bridgehead atoms. The maximum atomic E-state index is 8.56. The van der Waals surface area contributed by atoms with Gasteiger partial charge in [0.2, 0.25) is 0 Å². The van der Waals surface area contributed by atoms with Crippen LogP contribution in [0.15, 0.2) is 0 Å². The average molecular weight is 147 g/mol. The van der Waals surface area contributed by atoms with Gasteiger partial charge in [-0.3, -0.25) is 0 Å². The van der Waals surface area contributed by atoms with Crippen LogP contribution in [0.25, 0.3) is 0 Å². The molecule has 0 fully saturated rings. The van der Waals surface area contributed by atoms with E-state index in [-0.39, 0.29) is 57.1 Å². The van der Waals surface area contributed by atoms with Gasteiger partial charge in [-0.05, 0) is 0 Å².